The predicted molar refractivity (Wildman–Crippen MR) is 202 cm³/mol. The Bertz CT molecular complexity index is 1190. The molecule has 12 nitrogen and oxygen atoms in total. The van der Waals surface area contributed by atoms with Gasteiger partial charge in [-0.1, -0.05) is 55.4 Å². The van der Waals surface area contributed by atoms with Crippen LogP contribution < -0.4 is 0 Å². The van der Waals surface area contributed by atoms with Crippen LogP contribution in [0.4, 0.5) is 14.4 Å². The van der Waals surface area contributed by atoms with E-state index in [4.69, 9.17) is 14.2 Å². The minimum absolute atomic E-state index is 0.174. The number of carboxylic acids is 1. The van der Waals surface area contributed by atoms with Crippen LogP contribution in [-0.2, 0) is 19.0 Å². The second-order valence-electron chi connectivity index (χ2n) is 20.8. The Labute approximate surface area is 309 Å². The van der Waals surface area contributed by atoms with Gasteiger partial charge in [-0.25, -0.2) is 14.4 Å². The summed E-state index contributed by atoms with van der Waals surface area (Å²) < 4.78 is 17.6. The fraction of sp³-hybridized carbons (Fsp3) is 0.897. The molecule has 0 atom stereocenters. The third-order valence-electron chi connectivity index (χ3n) is 8.06. The SMILES string of the molecule is CC1(C)CN(CC(=O)O)CCN(C(=O)OC(C)(C)C)CC(C)(C)CC(C)(C)CN(C(=O)OC(C)(C)C)CCN(C(=O)OC(C)(C)C)CC(C)(C)C1. The predicted octanol–water partition coefficient (Wildman–Crippen LogP) is 7.98. The number of carbonyl (C=O) groups excluding carboxylic acids is 3. The zero-order chi connectivity index (χ0) is 40.0. The zero-order valence-electron chi connectivity index (χ0n) is 35.4. The normalized spacial score (nSPS) is 21.5. The maximum Gasteiger partial charge on any atom is 0.410 e. The van der Waals surface area contributed by atoms with Crippen molar-refractivity contribution in [1.29, 1.82) is 0 Å². The van der Waals surface area contributed by atoms with E-state index in [-0.39, 0.29) is 31.6 Å². The molecule has 0 aromatic heterocycles. The van der Waals surface area contributed by atoms with Gasteiger partial charge in [0.25, 0.3) is 0 Å². The Balaban J connectivity index is 3.77. The van der Waals surface area contributed by atoms with E-state index in [0.29, 0.717) is 45.6 Å². The number of hydrogen-bond acceptors (Lipinski definition) is 8. The molecule has 51 heavy (non-hydrogen) atoms. The largest absolute Gasteiger partial charge is 0.480 e. The molecular formula is C39H74N4O8. The lowest BCUT2D eigenvalue weighted by atomic mass is 9.74. The molecule has 1 saturated heterocycles. The van der Waals surface area contributed by atoms with Gasteiger partial charge in [0.05, 0.1) is 6.54 Å². The summed E-state index contributed by atoms with van der Waals surface area (Å²) in [5.41, 5.74) is -3.77. The van der Waals surface area contributed by atoms with Crippen molar-refractivity contribution in [2.75, 3.05) is 58.9 Å². The van der Waals surface area contributed by atoms with E-state index in [1.165, 1.54) is 0 Å². The molecule has 0 bridgehead atoms. The molecule has 12 heteroatoms. The molecule has 1 fully saturated rings. The van der Waals surface area contributed by atoms with Crippen LogP contribution in [-0.4, -0.2) is 125 Å². The Hall–Kier alpha value is -2.76. The minimum Gasteiger partial charge on any atom is -0.480 e. The fourth-order valence-electron chi connectivity index (χ4n) is 7.56. The second-order valence-corrected chi connectivity index (χ2v) is 20.8. The molecule has 3 amide bonds. The molecule has 0 radical (unpaired) electrons. The van der Waals surface area contributed by atoms with Gasteiger partial charge in [0.15, 0.2) is 0 Å². The third-order valence-corrected chi connectivity index (χ3v) is 8.06. The summed E-state index contributed by atoms with van der Waals surface area (Å²) in [5.74, 6) is -0.941. The summed E-state index contributed by atoms with van der Waals surface area (Å²) in [4.78, 5) is 60.1. The Morgan fingerprint density at radius 2 is 0.745 bits per heavy atom. The summed E-state index contributed by atoms with van der Waals surface area (Å²) in [6, 6.07) is 0. The standard InChI is InChI=1S/C39H74N4O8/c1-33(2,3)49-30(46)41-19-18-40(22-29(44)45)25-36(10,11)23-37(12,13)27-42(31(47)50-34(4,5)6)20-21-43(32(48)51-35(7,8)9)28-39(16,17)24-38(14,15)26-41/h18-28H2,1-17H3,(H,44,45). The first-order chi connectivity index (χ1) is 22.6. The van der Waals surface area contributed by atoms with Crippen LogP contribution in [0.3, 0.4) is 0 Å². The highest BCUT2D eigenvalue weighted by molar-refractivity contribution is 5.70. The van der Waals surface area contributed by atoms with Crippen LogP contribution in [0.25, 0.3) is 0 Å². The maximum atomic E-state index is 13.7. The summed E-state index contributed by atoms with van der Waals surface area (Å²) in [7, 11) is 0. The first-order valence-corrected chi connectivity index (χ1v) is 18.5. The molecule has 1 N–H and O–H groups in total. The number of carbonyl (C=O) groups is 4. The van der Waals surface area contributed by atoms with Gasteiger partial charge in [0.2, 0.25) is 0 Å². The van der Waals surface area contributed by atoms with Crippen LogP contribution in [0.1, 0.15) is 131 Å². The van der Waals surface area contributed by atoms with Crippen molar-refractivity contribution < 1.29 is 38.5 Å². The van der Waals surface area contributed by atoms with Gasteiger partial charge >= 0.3 is 24.2 Å². The van der Waals surface area contributed by atoms with Gasteiger partial charge in [0, 0.05) is 52.4 Å². The summed E-state index contributed by atoms with van der Waals surface area (Å²) in [6.07, 6.45) is -0.0757. The molecule has 0 unspecified atom stereocenters. The van der Waals surface area contributed by atoms with Gasteiger partial charge in [0.1, 0.15) is 16.8 Å². The number of ether oxygens (including phenoxy) is 3. The van der Waals surface area contributed by atoms with Crippen LogP contribution in [0.2, 0.25) is 0 Å². The Morgan fingerprint density at radius 3 is 1.00 bits per heavy atom. The molecule has 0 aromatic rings. The number of amides is 3. The first-order valence-electron chi connectivity index (χ1n) is 18.5. The maximum absolute atomic E-state index is 13.7. The van der Waals surface area contributed by atoms with Crippen molar-refractivity contribution in [3.63, 3.8) is 0 Å². The third kappa shape index (κ3) is 19.6. The monoisotopic (exact) mass is 727 g/mol. The zero-order valence-corrected chi connectivity index (χ0v) is 35.4. The summed E-state index contributed by atoms with van der Waals surface area (Å²) in [6.45, 7) is 35.7. The molecular weight excluding hydrogens is 652 g/mol. The quantitative estimate of drug-likeness (QED) is 0.282. The van der Waals surface area contributed by atoms with Crippen molar-refractivity contribution in [3.05, 3.63) is 0 Å². The lowest BCUT2D eigenvalue weighted by Crippen LogP contribution is -2.51. The molecule has 0 saturated carbocycles. The van der Waals surface area contributed by atoms with Crippen molar-refractivity contribution in [2.45, 2.75) is 147 Å². The van der Waals surface area contributed by atoms with Gasteiger partial charge in [-0.2, -0.15) is 0 Å². The summed E-state index contributed by atoms with van der Waals surface area (Å²) in [5, 5.41) is 9.87. The van der Waals surface area contributed by atoms with Gasteiger partial charge in [-0.3, -0.25) is 9.69 Å². The van der Waals surface area contributed by atoms with Gasteiger partial charge < -0.3 is 34.0 Å². The van der Waals surface area contributed by atoms with E-state index >= 15 is 0 Å². The van der Waals surface area contributed by atoms with Crippen LogP contribution in [0.15, 0.2) is 0 Å². The Kier molecular flexibility index (Phi) is 15.4. The molecule has 0 spiro atoms. The lowest BCUT2D eigenvalue weighted by Gasteiger charge is -2.43. The molecule has 298 valence electrons. The van der Waals surface area contributed by atoms with Crippen LogP contribution >= 0.6 is 0 Å². The topological polar surface area (TPSA) is 129 Å². The van der Waals surface area contributed by atoms with E-state index < -0.39 is 57.3 Å². The van der Waals surface area contributed by atoms with E-state index in [1.54, 1.807) is 14.7 Å². The number of aliphatic carboxylic acids is 1. The highest BCUT2D eigenvalue weighted by Crippen LogP contribution is 2.38. The van der Waals surface area contributed by atoms with Crippen molar-refractivity contribution in [3.8, 4) is 0 Å². The highest BCUT2D eigenvalue weighted by Gasteiger charge is 2.39. The number of rotatable bonds is 2. The molecule has 1 aliphatic heterocycles. The van der Waals surface area contributed by atoms with Crippen molar-refractivity contribution in [2.24, 2.45) is 21.7 Å². The van der Waals surface area contributed by atoms with Gasteiger partial charge in [-0.05, 0) is 96.8 Å². The van der Waals surface area contributed by atoms with E-state index in [1.807, 2.05) is 67.2 Å². The average Bonchev–Trinajstić information content (AvgIpc) is 2.82. The van der Waals surface area contributed by atoms with E-state index in [2.05, 4.69) is 55.4 Å². The van der Waals surface area contributed by atoms with Crippen molar-refractivity contribution >= 4 is 24.2 Å². The van der Waals surface area contributed by atoms with Gasteiger partial charge in [-0.15, -0.1) is 0 Å². The second kappa shape index (κ2) is 16.9. The first kappa shape index (κ1) is 46.3. The lowest BCUT2D eigenvalue weighted by molar-refractivity contribution is -0.138. The summed E-state index contributed by atoms with van der Waals surface area (Å²) >= 11 is 0. The highest BCUT2D eigenvalue weighted by atomic mass is 16.6. The van der Waals surface area contributed by atoms with Crippen molar-refractivity contribution in [1.82, 2.24) is 19.6 Å². The average molecular weight is 727 g/mol. The number of hydrogen-bond donors (Lipinski definition) is 1. The fourth-order valence-corrected chi connectivity index (χ4v) is 7.56. The number of carboxylic acid groups (broad SMARTS) is 1. The van der Waals surface area contributed by atoms with Crippen LogP contribution in [0.5, 0.6) is 0 Å². The van der Waals surface area contributed by atoms with E-state index in [0.717, 1.165) is 0 Å². The van der Waals surface area contributed by atoms with Crippen LogP contribution in [0, 0.1) is 21.7 Å². The molecule has 0 aliphatic carbocycles. The minimum atomic E-state index is -0.941. The molecule has 1 rings (SSSR count). The molecule has 1 aliphatic rings. The van der Waals surface area contributed by atoms with E-state index in [9.17, 15) is 24.3 Å². The molecule has 0 aromatic carbocycles. The molecule has 1 heterocycles. The Morgan fingerprint density at radius 1 is 0.490 bits per heavy atom. The number of nitrogens with zero attached hydrogens (tertiary/aromatic N) is 4. The smallest absolute Gasteiger partial charge is 0.410 e.